The molecule has 0 atom stereocenters. The minimum absolute atomic E-state index is 0.00615. The third-order valence-electron chi connectivity index (χ3n) is 6.47. The quantitative estimate of drug-likeness (QED) is 0.461. The Balaban J connectivity index is 1.40. The van der Waals surface area contributed by atoms with Gasteiger partial charge in [0.2, 0.25) is 0 Å². The highest BCUT2D eigenvalue weighted by Crippen LogP contribution is 2.38. The van der Waals surface area contributed by atoms with Crippen LogP contribution >= 0.6 is 0 Å². The first kappa shape index (κ1) is 19.9. The number of imidazole rings is 1. The lowest BCUT2D eigenvalue weighted by Gasteiger charge is -2.11. The first-order valence-corrected chi connectivity index (χ1v) is 11.5. The van der Waals surface area contributed by atoms with Gasteiger partial charge in [0.1, 0.15) is 17.2 Å². The van der Waals surface area contributed by atoms with Crippen molar-refractivity contribution in [2.45, 2.75) is 38.3 Å². The molecule has 1 amide bonds. The highest BCUT2D eigenvalue weighted by Gasteiger charge is 2.28. The number of carbonyl (C=O) groups excluding carboxylic acids is 1. The largest absolute Gasteiger partial charge is 0.345 e. The maximum atomic E-state index is 12.2. The van der Waals surface area contributed by atoms with Crippen molar-refractivity contribution in [2.24, 2.45) is 0 Å². The van der Waals surface area contributed by atoms with Crippen LogP contribution < -0.4 is 0 Å². The second-order valence-corrected chi connectivity index (χ2v) is 9.10. The van der Waals surface area contributed by atoms with Gasteiger partial charge in [0.25, 0.3) is 5.91 Å². The summed E-state index contributed by atoms with van der Waals surface area (Å²) < 4.78 is 4.42. The van der Waals surface area contributed by atoms with Gasteiger partial charge in [-0.1, -0.05) is 12.1 Å². The van der Waals surface area contributed by atoms with Gasteiger partial charge in [-0.05, 0) is 49.6 Å². The molecule has 1 aliphatic carbocycles. The zero-order valence-corrected chi connectivity index (χ0v) is 18.9. The molecule has 2 aliphatic rings. The summed E-state index contributed by atoms with van der Waals surface area (Å²) in [6.45, 7) is 0.972. The number of fused-ring (bicyclic) bond motifs is 1. The Kier molecular flexibility index (Phi) is 4.64. The third-order valence-corrected chi connectivity index (χ3v) is 6.47. The molecule has 0 N–H and O–H groups in total. The summed E-state index contributed by atoms with van der Waals surface area (Å²) in [6, 6.07) is 14.4. The molecule has 0 spiro atoms. The van der Waals surface area contributed by atoms with Crippen molar-refractivity contribution >= 4 is 5.91 Å². The summed E-state index contributed by atoms with van der Waals surface area (Å²) in [7, 11) is 3.52. The monoisotopic (exact) mass is 438 g/mol. The van der Waals surface area contributed by atoms with E-state index in [9.17, 15) is 4.79 Å². The van der Waals surface area contributed by atoms with E-state index >= 15 is 0 Å². The van der Waals surface area contributed by atoms with Crippen LogP contribution in [0, 0.1) is 0 Å². The Morgan fingerprint density at radius 3 is 2.61 bits per heavy atom. The van der Waals surface area contributed by atoms with Gasteiger partial charge in [-0.25, -0.2) is 4.98 Å². The third kappa shape index (κ3) is 3.53. The van der Waals surface area contributed by atoms with Crippen molar-refractivity contribution in [1.29, 1.82) is 0 Å². The number of aromatic nitrogens is 5. The van der Waals surface area contributed by atoms with E-state index in [0.29, 0.717) is 11.6 Å². The minimum atomic E-state index is -0.00615. The summed E-state index contributed by atoms with van der Waals surface area (Å²) >= 11 is 0. The van der Waals surface area contributed by atoms with Gasteiger partial charge in [0.15, 0.2) is 0 Å². The lowest BCUT2D eigenvalue weighted by molar-refractivity contribution is 0.0827. The molecule has 0 unspecified atom stereocenters. The molecule has 33 heavy (non-hydrogen) atoms. The lowest BCUT2D eigenvalue weighted by atomic mass is 10.0. The van der Waals surface area contributed by atoms with Crippen LogP contribution in [0.3, 0.4) is 0 Å². The van der Waals surface area contributed by atoms with Crippen molar-refractivity contribution in [3.05, 3.63) is 66.2 Å². The standard InChI is InChI=1S/C26H26N6O/c1-30(2)26(33)18-7-5-17(6-8-18)22-16-19(11-13-27-22)25-24(28-23-4-3-14-31(23)25)21-12-15-32(29-21)20-9-10-20/h5-8,11-13,15-16,20H,3-4,9-10,14H2,1-2H3. The zero-order chi connectivity index (χ0) is 22.5. The van der Waals surface area contributed by atoms with E-state index in [0.717, 1.165) is 59.1 Å². The summed E-state index contributed by atoms with van der Waals surface area (Å²) in [5, 5.41) is 4.85. The van der Waals surface area contributed by atoms with Crippen LogP contribution in [0.4, 0.5) is 0 Å². The van der Waals surface area contributed by atoms with Crippen LogP contribution in [-0.2, 0) is 13.0 Å². The predicted molar refractivity (Wildman–Crippen MR) is 127 cm³/mol. The van der Waals surface area contributed by atoms with Crippen molar-refractivity contribution in [3.63, 3.8) is 0 Å². The number of pyridine rings is 1. The molecule has 1 fully saturated rings. The van der Waals surface area contributed by atoms with Gasteiger partial charge in [0, 0.05) is 56.1 Å². The molecule has 3 aromatic heterocycles. The number of hydrogen-bond acceptors (Lipinski definition) is 4. The average molecular weight is 439 g/mol. The number of hydrogen-bond donors (Lipinski definition) is 0. The molecule has 4 aromatic rings. The van der Waals surface area contributed by atoms with Gasteiger partial charge in [-0.15, -0.1) is 0 Å². The molecule has 1 saturated carbocycles. The number of carbonyl (C=O) groups is 1. The van der Waals surface area contributed by atoms with Gasteiger partial charge in [-0.3, -0.25) is 14.5 Å². The van der Waals surface area contributed by atoms with Crippen molar-refractivity contribution < 1.29 is 4.79 Å². The molecule has 0 bridgehead atoms. The Labute approximate surface area is 192 Å². The predicted octanol–water partition coefficient (Wildman–Crippen LogP) is 4.46. The highest BCUT2D eigenvalue weighted by atomic mass is 16.2. The molecule has 0 saturated heterocycles. The van der Waals surface area contributed by atoms with E-state index in [1.54, 1.807) is 19.0 Å². The topological polar surface area (TPSA) is 68.8 Å². The fraction of sp³-hybridized carbons (Fsp3) is 0.308. The Bertz CT molecular complexity index is 1340. The van der Waals surface area contributed by atoms with Crippen molar-refractivity contribution in [1.82, 2.24) is 29.2 Å². The Morgan fingerprint density at radius 2 is 1.85 bits per heavy atom. The Morgan fingerprint density at radius 1 is 1.03 bits per heavy atom. The molecule has 1 aromatic carbocycles. The van der Waals surface area contributed by atoms with Crippen LogP contribution in [0.1, 0.15) is 41.5 Å². The summed E-state index contributed by atoms with van der Waals surface area (Å²) in [4.78, 5) is 23.4. The molecule has 0 radical (unpaired) electrons. The van der Waals surface area contributed by atoms with E-state index in [1.807, 2.05) is 30.5 Å². The van der Waals surface area contributed by atoms with E-state index in [-0.39, 0.29) is 5.91 Å². The maximum Gasteiger partial charge on any atom is 0.253 e. The first-order chi connectivity index (χ1) is 16.1. The molecule has 6 rings (SSSR count). The number of aryl methyl sites for hydroxylation is 1. The lowest BCUT2D eigenvalue weighted by Crippen LogP contribution is -2.21. The number of rotatable bonds is 5. The summed E-state index contributed by atoms with van der Waals surface area (Å²) in [6.07, 6.45) is 8.46. The fourth-order valence-electron chi connectivity index (χ4n) is 4.58. The maximum absolute atomic E-state index is 12.2. The van der Waals surface area contributed by atoms with E-state index in [2.05, 4.69) is 38.6 Å². The summed E-state index contributed by atoms with van der Waals surface area (Å²) in [5.41, 5.74) is 6.61. The second-order valence-electron chi connectivity index (χ2n) is 9.10. The number of benzene rings is 1. The second kappa shape index (κ2) is 7.69. The molecular formula is C26H26N6O. The molecule has 7 heteroatoms. The number of nitrogens with zero attached hydrogens (tertiary/aromatic N) is 6. The van der Waals surface area contributed by atoms with E-state index in [1.165, 1.54) is 12.8 Å². The van der Waals surface area contributed by atoms with Crippen LogP contribution in [0.2, 0.25) is 0 Å². The molecule has 1 aliphatic heterocycles. The van der Waals surface area contributed by atoms with Crippen LogP contribution in [0.25, 0.3) is 33.9 Å². The van der Waals surface area contributed by atoms with Gasteiger partial charge in [0.05, 0.1) is 17.4 Å². The summed E-state index contributed by atoms with van der Waals surface area (Å²) in [5.74, 6) is 1.12. The van der Waals surface area contributed by atoms with Gasteiger partial charge >= 0.3 is 0 Å². The fourth-order valence-corrected chi connectivity index (χ4v) is 4.58. The minimum Gasteiger partial charge on any atom is -0.345 e. The van der Waals surface area contributed by atoms with Crippen molar-refractivity contribution in [2.75, 3.05) is 14.1 Å². The molecular weight excluding hydrogens is 412 g/mol. The molecule has 166 valence electrons. The van der Waals surface area contributed by atoms with Crippen LogP contribution in [0.15, 0.2) is 54.9 Å². The van der Waals surface area contributed by atoms with Crippen molar-refractivity contribution in [3.8, 4) is 33.9 Å². The van der Waals surface area contributed by atoms with Crippen LogP contribution in [0.5, 0.6) is 0 Å². The van der Waals surface area contributed by atoms with Gasteiger partial charge in [-0.2, -0.15) is 5.10 Å². The normalized spacial score (nSPS) is 15.0. The van der Waals surface area contributed by atoms with Crippen LogP contribution in [-0.4, -0.2) is 49.2 Å². The average Bonchev–Trinajstić information content (AvgIpc) is 3.23. The van der Waals surface area contributed by atoms with Gasteiger partial charge < -0.3 is 9.47 Å². The van der Waals surface area contributed by atoms with E-state index in [4.69, 9.17) is 10.1 Å². The highest BCUT2D eigenvalue weighted by molar-refractivity contribution is 5.94. The van der Waals surface area contributed by atoms with E-state index < -0.39 is 0 Å². The zero-order valence-electron chi connectivity index (χ0n) is 18.9. The molecule has 4 heterocycles. The SMILES string of the molecule is CN(C)C(=O)c1ccc(-c2cc(-c3c(-c4ccn(C5CC5)n4)nc4n3CCC4)ccn2)cc1. The smallest absolute Gasteiger partial charge is 0.253 e. The first-order valence-electron chi connectivity index (χ1n) is 11.5. The molecule has 7 nitrogen and oxygen atoms in total. The Hall–Kier alpha value is -3.74. The number of amides is 1.